The Kier molecular flexibility index (Phi) is 5.12. The summed E-state index contributed by atoms with van der Waals surface area (Å²) in [7, 11) is 0. The number of nitrogen functional groups attached to an aromatic ring is 1. The van der Waals surface area contributed by atoms with Crippen molar-refractivity contribution in [2.75, 3.05) is 11.5 Å². The molecule has 112 valence electrons. The van der Waals surface area contributed by atoms with E-state index in [1.807, 2.05) is 37.4 Å². The molecule has 0 saturated heterocycles. The summed E-state index contributed by atoms with van der Waals surface area (Å²) in [6, 6.07) is 9.55. The first-order valence-corrected chi connectivity index (χ1v) is 8.13. The number of hydrogen-bond donors (Lipinski definition) is 1. The quantitative estimate of drug-likeness (QED) is 0.679. The van der Waals surface area contributed by atoms with Crippen LogP contribution in [-0.2, 0) is 6.54 Å². The summed E-state index contributed by atoms with van der Waals surface area (Å²) in [5, 5.41) is 0. The molecule has 0 radical (unpaired) electrons. The third kappa shape index (κ3) is 4.14. The van der Waals surface area contributed by atoms with Crippen LogP contribution < -0.4 is 11.3 Å². The van der Waals surface area contributed by atoms with Gasteiger partial charge in [-0.05, 0) is 36.1 Å². The highest BCUT2D eigenvalue weighted by Crippen LogP contribution is 2.19. The van der Waals surface area contributed by atoms with Gasteiger partial charge in [0.1, 0.15) is 0 Å². The van der Waals surface area contributed by atoms with Crippen LogP contribution >= 0.6 is 11.8 Å². The van der Waals surface area contributed by atoms with Crippen molar-refractivity contribution >= 4 is 17.4 Å². The molecule has 0 saturated carbocycles. The van der Waals surface area contributed by atoms with Crippen LogP contribution in [0.3, 0.4) is 0 Å². The van der Waals surface area contributed by atoms with E-state index in [-0.39, 0.29) is 5.56 Å². The van der Waals surface area contributed by atoms with Crippen LogP contribution in [-0.4, -0.2) is 10.3 Å². The second-order valence-corrected chi connectivity index (χ2v) is 6.76. The highest BCUT2D eigenvalue weighted by molar-refractivity contribution is 7.99. The Balaban J connectivity index is 2.18. The average molecular weight is 302 g/mol. The fourth-order valence-electron chi connectivity index (χ4n) is 2.03. The third-order valence-corrected chi connectivity index (χ3v) is 4.80. The fraction of sp³-hybridized carbons (Fsp3) is 0.353. The Morgan fingerprint density at radius 3 is 2.71 bits per heavy atom. The van der Waals surface area contributed by atoms with Crippen LogP contribution in [0, 0.1) is 12.8 Å². The van der Waals surface area contributed by atoms with Crippen LogP contribution in [0.4, 0.5) is 5.69 Å². The van der Waals surface area contributed by atoms with E-state index in [4.69, 9.17) is 5.73 Å². The molecule has 1 heterocycles. The van der Waals surface area contributed by atoms with Gasteiger partial charge in [-0.25, -0.2) is 0 Å². The molecule has 0 unspecified atom stereocenters. The molecule has 1 aromatic heterocycles. The second-order valence-electron chi connectivity index (χ2n) is 5.66. The molecule has 1 aromatic carbocycles. The largest absolute Gasteiger partial charge is 0.399 e. The third-order valence-electron chi connectivity index (χ3n) is 3.38. The lowest BCUT2D eigenvalue weighted by Gasteiger charge is -2.11. The Labute approximate surface area is 130 Å². The number of pyridine rings is 1. The van der Waals surface area contributed by atoms with E-state index in [1.54, 1.807) is 22.4 Å². The number of hydrogen-bond acceptors (Lipinski definition) is 3. The molecule has 2 N–H and O–H groups in total. The van der Waals surface area contributed by atoms with Gasteiger partial charge < -0.3 is 10.3 Å². The molecular formula is C17H22N2OS. The standard InChI is InChI=1S/C17H22N2OS/c1-12(2)11-21-15-7-8-19(17(20)9-15)10-14-5-4-6-16(18)13(14)3/h4-9,12H,10-11,18H2,1-3H3. The smallest absolute Gasteiger partial charge is 0.251 e. The zero-order chi connectivity index (χ0) is 15.4. The molecule has 3 nitrogen and oxygen atoms in total. The molecule has 2 aromatic rings. The van der Waals surface area contributed by atoms with Gasteiger partial charge in [0.05, 0.1) is 6.54 Å². The minimum absolute atomic E-state index is 0.0329. The molecule has 4 heteroatoms. The van der Waals surface area contributed by atoms with E-state index in [9.17, 15) is 4.79 Å². The number of rotatable bonds is 5. The number of aromatic nitrogens is 1. The highest BCUT2D eigenvalue weighted by Gasteiger charge is 2.05. The van der Waals surface area contributed by atoms with Crippen molar-refractivity contribution in [3.63, 3.8) is 0 Å². The summed E-state index contributed by atoms with van der Waals surface area (Å²) in [5.41, 5.74) is 8.84. The van der Waals surface area contributed by atoms with Crippen LogP contribution in [0.2, 0.25) is 0 Å². The van der Waals surface area contributed by atoms with E-state index in [0.717, 1.165) is 27.5 Å². The van der Waals surface area contributed by atoms with Crippen LogP contribution in [0.15, 0.2) is 46.2 Å². The summed E-state index contributed by atoms with van der Waals surface area (Å²) >= 11 is 1.73. The predicted octanol–water partition coefficient (Wildman–Crippen LogP) is 3.54. The normalized spacial score (nSPS) is 11.0. The molecule has 21 heavy (non-hydrogen) atoms. The highest BCUT2D eigenvalue weighted by atomic mass is 32.2. The average Bonchev–Trinajstić information content (AvgIpc) is 2.44. The summed E-state index contributed by atoms with van der Waals surface area (Å²) in [4.78, 5) is 13.2. The predicted molar refractivity (Wildman–Crippen MR) is 91.0 cm³/mol. The molecule has 0 aliphatic rings. The van der Waals surface area contributed by atoms with Gasteiger partial charge >= 0.3 is 0 Å². The number of thioether (sulfide) groups is 1. The van der Waals surface area contributed by atoms with E-state index in [0.29, 0.717) is 12.5 Å². The first-order valence-electron chi connectivity index (χ1n) is 7.14. The zero-order valence-corrected chi connectivity index (χ0v) is 13.6. The zero-order valence-electron chi connectivity index (χ0n) is 12.8. The van der Waals surface area contributed by atoms with Gasteiger partial charge in [-0.15, -0.1) is 11.8 Å². The summed E-state index contributed by atoms with van der Waals surface area (Å²) < 4.78 is 1.72. The molecule has 0 spiro atoms. The maximum atomic E-state index is 12.2. The van der Waals surface area contributed by atoms with Gasteiger partial charge in [0, 0.05) is 28.6 Å². The topological polar surface area (TPSA) is 48.0 Å². The first-order chi connectivity index (χ1) is 9.97. The monoisotopic (exact) mass is 302 g/mol. The lowest BCUT2D eigenvalue weighted by Crippen LogP contribution is -2.19. The maximum Gasteiger partial charge on any atom is 0.251 e. The van der Waals surface area contributed by atoms with Gasteiger partial charge in [0.2, 0.25) is 0 Å². The number of nitrogens with zero attached hydrogens (tertiary/aromatic N) is 1. The van der Waals surface area contributed by atoms with Gasteiger partial charge in [-0.1, -0.05) is 26.0 Å². The minimum Gasteiger partial charge on any atom is -0.399 e. The van der Waals surface area contributed by atoms with Gasteiger partial charge in [-0.3, -0.25) is 4.79 Å². The van der Waals surface area contributed by atoms with Crippen LogP contribution in [0.1, 0.15) is 25.0 Å². The number of nitrogens with two attached hydrogens (primary N) is 1. The van der Waals surface area contributed by atoms with E-state index < -0.39 is 0 Å². The molecule has 0 amide bonds. The fourth-order valence-corrected chi connectivity index (χ4v) is 2.90. The van der Waals surface area contributed by atoms with Crippen molar-refractivity contribution in [2.45, 2.75) is 32.2 Å². The van der Waals surface area contributed by atoms with E-state index >= 15 is 0 Å². The van der Waals surface area contributed by atoms with Gasteiger partial charge in [0.15, 0.2) is 0 Å². The summed E-state index contributed by atoms with van der Waals surface area (Å²) in [6.45, 7) is 6.90. The molecule has 0 bridgehead atoms. The molecule has 0 atom stereocenters. The van der Waals surface area contributed by atoms with Crippen molar-refractivity contribution in [2.24, 2.45) is 5.92 Å². The van der Waals surface area contributed by atoms with Crippen LogP contribution in [0.5, 0.6) is 0 Å². The Morgan fingerprint density at radius 2 is 2.05 bits per heavy atom. The molecule has 0 aliphatic carbocycles. The van der Waals surface area contributed by atoms with Gasteiger partial charge in [-0.2, -0.15) is 0 Å². The Bertz CT molecular complexity index is 677. The van der Waals surface area contributed by atoms with Gasteiger partial charge in [0.25, 0.3) is 5.56 Å². The van der Waals surface area contributed by atoms with Crippen LogP contribution in [0.25, 0.3) is 0 Å². The maximum absolute atomic E-state index is 12.2. The Morgan fingerprint density at radius 1 is 1.29 bits per heavy atom. The Hall–Kier alpha value is -1.68. The second kappa shape index (κ2) is 6.85. The van der Waals surface area contributed by atoms with E-state index in [1.165, 1.54) is 0 Å². The van der Waals surface area contributed by atoms with Crippen molar-refractivity contribution < 1.29 is 0 Å². The summed E-state index contributed by atoms with van der Waals surface area (Å²) in [6.07, 6.45) is 1.87. The van der Waals surface area contributed by atoms with E-state index in [2.05, 4.69) is 13.8 Å². The summed E-state index contributed by atoms with van der Waals surface area (Å²) in [5.74, 6) is 1.64. The van der Waals surface area contributed by atoms with Crippen molar-refractivity contribution in [3.8, 4) is 0 Å². The van der Waals surface area contributed by atoms with Crippen molar-refractivity contribution in [3.05, 3.63) is 58.0 Å². The first kappa shape index (κ1) is 15.7. The SMILES string of the molecule is Cc1c(N)cccc1Cn1ccc(SCC(C)C)cc1=O. The molecular weight excluding hydrogens is 280 g/mol. The van der Waals surface area contributed by atoms with Crippen molar-refractivity contribution in [1.82, 2.24) is 4.57 Å². The molecule has 2 rings (SSSR count). The molecule has 0 fully saturated rings. The minimum atomic E-state index is 0.0329. The lowest BCUT2D eigenvalue weighted by atomic mass is 10.1. The lowest BCUT2D eigenvalue weighted by molar-refractivity contribution is 0.744. The number of benzene rings is 1. The van der Waals surface area contributed by atoms with Crippen molar-refractivity contribution in [1.29, 1.82) is 0 Å². The molecule has 0 aliphatic heterocycles. The number of anilines is 1.